The summed E-state index contributed by atoms with van der Waals surface area (Å²) in [7, 11) is 0. The van der Waals surface area contributed by atoms with E-state index in [4.69, 9.17) is 16.3 Å². The molecule has 23 heavy (non-hydrogen) atoms. The van der Waals surface area contributed by atoms with E-state index in [2.05, 4.69) is 16.1 Å². The molecule has 0 N–H and O–H groups in total. The molecule has 0 unspecified atom stereocenters. The summed E-state index contributed by atoms with van der Waals surface area (Å²) in [6.45, 7) is 3.28. The van der Waals surface area contributed by atoms with Gasteiger partial charge in [0.1, 0.15) is 12.1 Å². The number of halogens is 1. The van der Waals surface area contributed by atoms with Gasteiger partial charge in [-0.25, -0.2) is 9.67 Å². The van der Waals surface area contributed by atoms with Crippen LogP contribution in [0.25, 0.3) is 0 Å². The number of hydrogen-bond donors (Lipinski definition) is 0. The van der Waals surface area contributed by atoms with Gasteiger partial charge < -0.3 is 4.74 Å². The number of thioether (sulfide) groups is 1. The van der Waals surface area contributed by atoms with Crippen LogP contribution in [0.4, 0.5) is 0 Å². The predicted molar refractivity (Wildman–Crippen MR) is 95.6 cm³/mol. The maximum atomic E-state index is 5.97. The number of benzene rings is 1. The van der Waals surface area contributed by atoms with Crippen LogP contribution >= 0.6 is 34.7 Å². The molecule has 2 aromatic heterocycles. The van der Waals surface area contributed by atoms with E-state index >= 15 is 0 Å². The molecule has 3 aromatic rings. The summed E-state index contributed by atoms with van der Waals surface area (Å²) in [5.74, 6) is 1.73. The highest BCUT2D eigenvalue weighted by molar-refractivity contribution is 7.98. The van der Waals surface area contributed by atoms with Gasteiger partial charge in [-0.1, -0.05) is 41.6 Å². The minimum absolute atomic E-state index is 0.643. The molecule has 0 atom stereocenters. The minimum Gasteiger partial charge on any atom is -0.494 e. The quantitative estimate of drug-likeness (QED) is 0.567. The Morgan fingerprint density at radius 1 is 1.26 bits per heavy atom. The third-order valence-corrected chi connectivity index (χ3v) is 5.59. The molecule has 0 radical (unpaired) electrons. The van der Waals surface area contributed by atoms with Crippen molar-refractivity contribution in [3.8, 4) is 5.75 Å². The number of aromatic nitrogens is 3. The average molecular weight is 366 g/mol. The zero-order chi connectivity index (χ0) is 16.1. The van der Waals surface area contributed by atoms with Gasteiger partial charge in [0.25, 0.3) is 0 Å². The van der Waals surface area contributed by atoms with Gasteiger partial charge in [0.15, 0.2) is 5.16 Å². The van der Waals surface area contributed by atoms with Crippen molar-refractivity contribution in [1.29, 1.82) is 0 Å². The van der Waals surface area contributed by atoms with Crippen LogP contribution in [0.2, 0.25) is 4.34 Å². The van der Waals surface area contributed by atoms with Crippen LogP contribution in [-0.2, 0) is 12.3 Å². The number of hydrogen-bond acceptors (Lipinski definition) is 5. The van der Waals surface area contributed by atoms with Crippen molar-refractivity contribution >= 4 is 34.7 Å². The first-order chi connectivity index (χ1) is 11.3. The minimum atomic E-state index is 0.643. The number of nitrogens with zero attached hydrogens (tertiary/aromatic N) is 3. The lowest BCUT2D eigenvalue weighted by atomic mass is 10.2. The molecule has 0 aliphatic heterocycles. The van der Waals surface area contributed by atoms with E-state index in [0.717, 1.165) is 26.6 Å². The Balaban J connectivity index is 1.71. The van der Waals surface area contributed by atoms with Gasteiger partial charge in [0, 0.05) is 16.2 Å². The standard InChI is InChI=1S/C16H16ClN3OS2/c1-2-21-14-6-4-3-5-12(14)9-20-16(18-11-19-20)22-10-13-7-8-15(17)23-13/h3-8,11H,2,9-10H2,1H3. The van der Waals surface area contributed by atoms with E-state index in [1.807, 2.05) is 41.9 Å². The second kappa shape index (κ2) is 7.86. The Morgan fingerprint density at radius 2 is 2.13 bits per heavy atom. The molecular formula is C16H16ClN3OS2. The molecule has 0 saturated carbocycles. The topological polar surface area (TPSA) is 39.9 Å². The Morgan fingerprint density at radius 3 is 2.91 bits per heavy atom. The number of rotatable bonds is 7. The van der Waals surface area contributed by atoms with Crippen LogP contribution in [0.15, 0.2) is 47.9 Å². The zero-order valence-electron chi connectivity index (χ0n) is 12.6. The maximum absolute atomic E-state index is 5.97. The summed E-state index contributed by atoms with van der Waals surface area (Å²) in [6.07, 6.45) is 1.59. The van der Waals surface area contributed by atoms with Crippen molar-refractivity contribution in [3.05, 3.63) is 57.5 Å². The first-order valence-electron chi connectivity index (χ1n) is 7.21. The highest BCUT2D eigenvalue weighted by Gasteiger charge is 2.10. The second-order valence-electron chi connectivity index (χ2n) is 4.74. The predicted octanol–water partition coefficient (Wildman–Crippen LogP) is 4.73. The van der Waals surface area contributed by atoms with Gasteiger partial charge in [-0.15, -0.1) is 11.3 Å². The summed E-state index contributed by atoms with van der Waals surface area (Å²) < 4.78 is 8.39. The summed E-state index contributed by atoms with van der Waals surface area (Å²) in [6, 6.07) is 12.0. The maximum Gasteiger partial charge on any atom is 0.186 e. The van der Waals surface area contributed by atoms with Crippen molar-refractivity contribution < 1.29 is 4.74 Å². The van der Waals surface area contributed by atoms with Gasteiger partial charge in [-0.2, -0.15) is 5.10 Å². The molecule has 120 valence electrons. The Bertz CT molecular complexity index is 772. The molecule has 0 aliphatic rings. The fraction of sp³-hybridized carbons (Fsp3) is 0.250. The SMILES string of the molecule is CCOc1ccccc1Cn1ncnc1SCc1ccc(Cl)s1. The van der Waals surface area contributed by atoms with Crippen molar-refractivity contribution in [2.45, 2.75) is 24.4 Å². The lowest BCUT2D eigenvalue weighted by Crippen LogP contribution is -2.06. The average Bonchev–Trinajstić information content (AvgIpc) is 3.16. The third kappa shape index (κ3) is 4.28. The zero-order valence-corrected chi connectivity index (χ0v) is 15.0. The Hall–Kier alpha value is -1.50. The molecule has 1 aromatic carbocycles. The molecule has 2 heterocycles. The lowest BCUT2D eigenvalue weighted by molar-refractivity contribution is 0.335. The van der Waals surface area contributed by atoms with Gasteiger partial charge in [-0.05, 0) is 25.1 Å². The normalized spacial score (nSPS) is 10.9. The Labute approximate surface area is 148 Å². The van der Waals surface area contributed by atoms with Gasteiger partial charge in [0.2, 0.25) is 0 Å². The molecular weight excluding hydrogens is 350 g/mol. The smallest absolute Gasteiger partial charge is 0.186 e. The highest BCUT2D eigenvalue weighted by Crippen LogP contribution is 2.28. The van der Waals surface area contributed by atoms with Crippen LogP contribution in [0, 0.1) is 0 Å². The largest absolute Gasteiger partial charge is 0.494 e. The van der Waals surface area contributed by atoms with E-state index in [9.17, 15) is 0 Å². The molecule has 7 heteroatoms. The molecule has 0 amide bonds. The first kappa shape index (κ1) is 16.4. The van der Waals surface area contributed by atoms with E-state index in [0.29, 0.717) is 13.2 Å². The van der Waals surface area contributed by atoms with Crippen LogP contribution < -0.4 is 4.74 Å². The van der Waals surface area contributed by atoms with Gasteiger partial charge in [0.05, 0.1) is 17.5 Å². The summed E-state index contributed by atoms with van der Waals surface area (Å²) in [4.78, 5) is 5.58. The lowest BCUT2D eigenvalue weighted by Gasteiger charge is -2.11. The van der Waals surface area contributed by atoms with Crippen LogP contribution in [0.3, 0.4) is 0 Å². The number of ether oxygens (including phenoxy) is 1. The monoisotopic (exact) mass is 365 g/mol. The first-order valence-corrected chi connectivity index (χ1v) is 9.39. The van der Waals surface area contributed by atoms with Gasteiger partial charge in [-0.3, -0.25) is 0 Å². The van der Waals surface area contributed by atoms with Crippen LogP contribution in [0.1, 0.15) is 17.4 Å². The second-order valence-corrected chi connectivity index (χ2v) is 7.48. The van der Waals surface area contributed by atoms with Gasteiger partial charge >= 0.3 is 0 Å². The molecule has 0 fully saturated rings. The van der Waals surface area contributed by atoms with E-state index in [1.54, 1.807) is 29.4 Å². The van der Waals surface area contributed by atoms with Crippen molar-refractivity contribution in [2.24, 2.45) is 0 Å². The molecule has 0 spiro atoms. The molecule has 3 rings (SSSR count). The Kier molecular flexibility index (Phi) is 5.59. The fourth-order valence-electron chi connectivity index (χ4n) is 2.13. The van der Waals surface area contributed by atoms with Crippen LogP contribution in [-0.4, -0.2) is 21.4 Å². The summed E-state index contributed by atoms with van der Waals surface area (Å²) in [5.41, 5.74) is 1.10. The molecule has 0 aliphatic carbocycles. The van der Waals surface area contributed by atoms with E-state index in [-0.39, 0.29) is 0 Å². The highest BCUT2D eigenvalue weighted by atomic mass is 35.5. The summed E-state index contributed by atoms with van der Waals surface area (Å²) in [5, 5.41) is 5.23. The van der Waals surface area contributed by atoms with Crippen molar-refractivity contribution in [3.63, 3.8) is 0 Å². The van der Waals surface area contributed by atoms with Crippen molar-refractivity contribution in [2.75, 3.05) is 6.61 Å². The number of para-hydroxylation sites is 1. The van der Waals surface area contributed by atoms with E-state index < -0.39 is 0 Å². The molecule has 4 nitrogen and oxygen atoms in total. The summed E-state index contributed by atoms with van der Waals surface area (Å²) >= 11 is 9.22. The van der Waals surface area contributed by atoms with E-state index in [1.165, 1.54) is 4.88 Å². The fourth-order valence-corrected chi connectivity index (χ4v) is 4.18. The van der Waals surface area contributed by atoms with Crippen LogP contribution in [0.5, 0.6) is 5.75 Å². The number of thiophene rings is 1. The molecule has 0 bridgehead atoms. The third-order valence-electron chi connectivity index (χ3n) is 3.14. The van der Waals surface area contributed by atoms with Crippen molar-refractivity contribution in [1.82, 2.24) is 14.8 Å². The molecule has 0 saturated heterocycles.